The number of para-hydroxylation sites is 1. The summed E-state index contributed by atoms with van der Waals surface area (Å²) in [4.78, 5) is 68.6. The molecule has 1 unspecified atom stereocenters. The molecule has 4 aromatic carbocycles. The van der Waals surface area contributed by atoms with Gasteiger partial charge in [-0.2, -0.15) is 5.10 Å². The Labute approximate surface area is 448 Å². The van der Waals surface area contributed by atoms with E-state index in [1.807, 2.05) is 48.1 Å². The van der Waals surface area contributed by atoms with E-state index < -0.39 is 17.3 Å². The van der Waals surface area contributed by atoms with E-state index in [9.17, 15) is 24.3 Å². The van der Waals surface area contributed by atoms with E-state index in [0.717, 1.165) is 100 Å². The third kappa shape index (κ3) is 10.2. The summed E-state index contributed by atoms with van der Waals surface area (Å²) < 4.78 is 2.87. The number of benzene rings is 4. The Kier molecular flexibility index (Phi) is 14.0. The number of rotatable bonds is 12. The summed E-state index contributed by atoms with van der Waals surface area (Å²) in [5.74, 6) is 0.122. The van der Waals surface area contributed by atoms with Crippen molar-refractivity contribution < 1.29 is 24.3 Å². The molecule has 7 aromatic rings. The molecule has 0 spiro atoms. The lowest BCUT2D eigenvalue weighted by molar-refractivity contribution is -0.134. The van der Waals surface area contributed by atoms with Crippen molar-refractivity contribution in [2.24, 2.45) is 18.9 Å². The number of fused-ring (bicyclic) bond motifs is 3. The van der Waals surface area contributed by atoms with Gasteiger partial charge in [0, 0.05) is 81.5 Å². The van der Waals surface area contributed by atoms with Crippen molar-refractivity contribution in [3.05, 3.63) is 130 Å². The summed E-state index contributed by atoms with van der Waals surface area (Å²) in [6.07, 6.45) is 7.32. The molecule has 15 heteroatoms. The number of carbonyl (C=O) groups excluding carboxylic acids is 3. The predicted octanol–water partition coefficient (Wildman–Crippen LogP) is 11.0. The molecule has 1 aliphatic carbocycles. The monoisotopic (exact) mass is 1040 g/mol. The van der Waals surface area contributed by atoms with Gasteiger partial charge in [-0.3, -0.25) is 34.6 Å². The summed E-state index contributed by atoms with van der Waals surface area (Å²) >= 11 is 1.45. The highest BCUT2D eigenvalue weighted by molar-refractivity contribution is 7.22. The van der Waals surface area contributed by atoms with Crippen LogP contribution in [0.15, 0.2) is 84.9 Å². The molecule has 394 valence electrons. The van der Waals surface area contributed by atoms with E-state index in [0.29, 0.717) is 72.2 Å². The number of hydrogen-bond acceptors (Lipinski definition) is 11. The SMILES string of the molecule is Cc1c(-c2c(C(C)(C)C)cc(N3CCc4cccc(C(=O)Nc5nc6ccccc6s5)c4C3)nc2C(=O)O)cccc1C1CCC(C[C@@H](C)CN2CCN(c3ccc4c(C5CCC(=O)NC5=O)nn(C)c4c3)CC2)CC1. The highest BCUT2D eigenvalue weighted by Gasteiger charge is 2.34. The molecule has 1 saturated carbocycles. The van der Waals surface area contributed by atoms with E-state index >= 15 is 0 Å². The van der Waals surface area contributed by atoms with Crippen molar-refractivity contribution in [1.82, 2.24) is 30.0 Å². The number of anilines is 3. The Morgan fingerprint density at radius 2 is 1.64 bits per heavy atom. The quantitative estimate of drug-likeness (QED) is 0.0997. The fourth-order valence-corrected chi connectivity index (χ4v) is 13.7. The van der Waals surface area contributed by atoms with Gasteiger partial charge in [0.15, 0.2) is 10.8 Å². The van der Waals surface area contributed by atoms with Crippen LogP contribution in [0.5, 0.6) is 0 Å². The standard InChI is InChI=1S/C61H69N9O5S/c1-36(34-68-27-29-69(30-28-68)41-21-22-45-50(32-41)67(6)66-55(45)46-23-24-53(71)64-58(46)73)31-38-17-19-40(20-18-38)42-12-10-13-43(37(42)2)54-48(61(3,4)5)33-52(63-56(54)59(74)75)70-26-25-39-11-9-14-44(47(39)35-70)57(72)65-60-62-49-15-7-8-16-51(49)76-60/h7-16,21-22,32-33,36,38,40,46H,17-20,23-31,34-35H2,1-6H3,(H,74,75)(H,62,65,72)(H,64,71,73)/t36-,38?,40?,46?/m1/s1. The fourth-order valence-electron chi connectivity index (χ4n) is 12.8. The number of pyridine rings is 1. The minimum absolute atomic E-state index is 0.0581. The van der Waals surface area contributed by atoms with Crippen LogP contribution in [0.1, 0.15) is 139 Å². The minimum Gasteiger partial charge on any atom is -0.476 e. The van der Waals surface area contributed by atoms with Crippen LogP contribution in [0.3, 0.4) is 0 Å². The molecule has 11 rings (SSSR count). The maximum absolute atomic E-state index is 13.9. The predicted molar refractivity (Wildman–Crippen MR) is 302 cm³/mol. The maximum atomic E-state index is 13.9. The second-order valence-corrected chi connectivity index (χ2v) is 24.0. The lowest BCUT2D eigenvalue weighted by atomic mass is 9.73. The number of carboxylic acids is 1. The number of piperidine rings is 1. The number of amides is 3. The molecule has 4 aliphatic rings. The molecule has 3 aliphatic heterocycles. The second-order valence-electron chi connectivity index (χ2n) is 22.9. The Bertz CT molecular complexity index is 3360. The molecule has 3 N–H and O–H groups in total. The number of nitrogens with one attached hydrogen (secondary N) is 2. The normalized spacial score (nSPS) is 19.9. The van der Waals surface area contributed by atoms with E-state index in [1.165, 1.54) is 41.9 Å². The first-order chi connectivity index (χ1) is 36.6. The highest BCUT2D eigenvalue weighted by Crippen LogP contribution is 2.45. The Balaban J connectivity index is 0.730. The molecule has 3 amide bonds. The molecule has 3 fully saturated rings. The van der Waals surface area contributed by atoms with Gasteiger partial charge < -0.3 is 14.9 Å². The first-order valence-electron chi connectivity index (χ1n) is 27.2. The third-order valence-corrected chi connectivity index (χ3v) is 17.7. The summed E-state index contributed by atoms with van der Waals surface area (Å²) in [6, 6.07) is 28.7. The second kappa shape index (κ2) is 20.9. The zero-order chi connectivity index (χ0) is 53.0. The lowest BCUT2D eigenvalue weighted by Crippen LogP contribution is -2.47. The summed E-state index contributed by atoms with van der Waals surface area (Å²) in [5.41, 5.74) is 11.0. The number of carboxylic acid groups (broad SMARTS) is 1. The van der Waals surface area contributed by atoms with Crippen LogP contribution in [0.25, 0.3) is 32.2 Å². The zero-order valence-corrected chi connectivity index (χ0v) is 45.4. The Hall–Kier alpha value is -6.97. The minimum atomic E-state index is -1.05. The van der Waals surface area contributed by atoms with Crippen LogP contribution in [0, 0.1) is 18.8 Å². The topological polar surface area (TPSA) is 166 Å². The summed E-state index contributed by atoms with van der Waals surface area (Å²) in [7, 11) is 1.93. The first kappa shape index (κ1) is 51.2. The van der Waals surface area contributed by atoms with Gasteiger partial charge in [0.05, 0.1) is 27.3 Å². The number of imide groups is 1. The molecular weight excluding hydrogens is 971 g/mol. The van der Waals surface area contributed by atoms with Crippen molar-refractivity contribution in [3.63, 3.8) is 0 Å². The number of aromatic carboxylic acids is 1. The molecule has 76 heavy (non-hydrogen) atoms. The summed E-state index contributed by atoms with van der Waals surface area (Å²) in [5, 5.41) is 22.8. The number of hydrogen-bond donors (Lipinski definition) is 3. The van der Waals surface area contributed by atoms with Crippen molar-refractivity contribution in [1.29, 1.82) is 0 Å². The largest absolute Gasteiger partial charge is 0.476 e. The molecule has 0 bridgehead atoms. The molecule has 6 heterocycles. The number of aromatic nitrogens is 4. The molecule has 14 nitrogen and oxygen atoms in total. The molecule has 3 aromatic heterocycles. The van der Waals surface area contributed by atoms with E-state index in [2.05, 4.69) is 113 Å². The van der Waals surface area contributed by atoms with Gasteiger partial charge in [0.25, 0.3) is 5.91 Å². The smallest absolute Gasteiger partial charge is 0.355 e. The maximum Gasteiger partial charge on any atom is 0.355 e. The fraction of sp³-hybridized carbons (Fsp3) is 0.426. The first-order valence-corrected chi connectivity index (χ1v) is 28.1. The molecule has 2 atom stereocenters. The Morgan fingerprint density at radius 3 is 2.39 bits per heavy atom. The van der Waals surface area contributed by atoms with Crippen LogP contribution in [-0.2, 0) is 35.0 Å². The van der Waals surface area contributed by atoms with Gasteiger partial charge in [-0.1, -0.05) is 81.5 Å². The zero-order valence-electron chi connectivity index (χ0n) is 44.6. The van der Waals surface area contributed by atoms with Gasteiger partial charge >= 0.3 is 5.97 Å². The van der Waals surface area contributed by atoms with Gasteiger partial charge in [0.2, 0.25) is 11.8 Å². The van der Waals surface area contributed by atoms with Crippen molar-refractivity contribution >= 4 is 72.8 Å². The average molecular weight is 1040 g/mol. The van der Waals surface area contributed by atoms with E-state index in [1.54, 1.807) is 0 Å². The highest BCUT2D eigenvalue weighted by atomic mass is 32.1. The van der Waals surface area contributed by atoms with Crippen LogP contribution in [0.4, 0.5) is 16.6 Å². The van der Waals surface area contributed by atoms with Gasteiger partial charge in [0.1, 0.15) is 5.82 Å². The molecular formula is C61H69N9O5S. The van der Waals surface area contributed by atoms with Crippen LogP contribution in [-0.4, -0.2) is 92.7 Å². The number of thiazole rings is 1. The van der Waals surface area contributed by atoms with E-state index in [-0.39, 0.29) is 23.4 Å². The van der Waals surface area contributed by atoms with Crippen LogP contribution in [0.2, 0.25) is 0 Å². The van der Waals surface area contributed by atoms with Crippen molar-refractivity contribution in [2.45, 2.75) is 110 Å². The third-order valence-electron chi connectivity index (χ3n) is 16.8. The number of nitrogens with zero attached hydrogens (tertiary/aromatic N) is 7. The van der Waals surface area contributed by atoms with E-state index in [4.69, 9.17) is 10.1 Å². The van der Waals surface area contributed by atoms with Gasteiger partial charge in [-0.15, -0.1) is 0 Å². The average Bonchev–Trinajstić information content (AvgIpc) is 4.00. The number of carbonyl (C=O) groups is 4. The van der Waals surface area contributed by atoms with Crippen LogP contribution >= 0.6 is 11.3 Å². The summed E-state index contributed by atoms with van der Waals surface area (Å²) in [6.45, 7) is 17.1. The molecule has 2 saturated heterocycles. The number of aryl methyl sites for hydroxylation is 1. The van der Waals surface area contributed by atoms with Crippen molar-refractivity contribution in [3.8, 4) is 11.1 Å². The number of piperazine rings is 1. The Morgan fingerprint density at radius 1 is 0.868 bits per heavy atom. The van der Waals surface area contributed by atoms with Gasteiger partial charge in [-0.05, 0) is 151 Å². The van der Waals surface area contributed by atoms with Crippen LogP contribution < -0.4 is 20.4 Å². The van der Waals surface area contributed by atoms with Crippen molar-refractivity contribution in [2.75, 3.05) is 54.4 Å². The van der Waals surface area contributed by atoms with Gasteiger partial charge in [-0.25, -0.2) is 14.8 Å². The lowest BCUT2D eigenvalue weighted by Gasteiger charge is -2.38. The molecule has 0 radical (unpaired) electrons.